The van der Waals surface area contributed by atoms with E-state index in [2.05, 4.69) is 15.1 Å². The molecule has 0 saturated carbocycles. The highest BCUT2D eigenvalue weighted by Crippen LogP contribution is 2.32. The van der Waals surface area contributed by atoms with Crippen molar-refractivity contribution in [3.8, 4) is 11.4 Å². The molecule has 3 aromatic rings. The van der Waals surface area contributed by atoms with E-state index in [9.17, 15) is 19.4 Å². The van der Waals surface area contributed by atoms with Crippen LogP contribution in [0.4, 0.5) is 9.52 Å². The van der Waals surface area contributed by atoms with Crippen LogP contribution in [0.2, 0.25) is 0 Å². The summed E-state index contributed by atoms with van der Waals surface area (Å²) in [5, 5.41) is 24.9. The fourth-order valence-electron chi connectivity index (χ4n) is 3.54. The number of nitrogens with zero attached hydrogens (tertiary/aromatic N) is 5. The smallest absolute Gasteiger partial charge is 0.254 e. The van der Waals surface area contributed by atoms with Crippen molar-refractivity contribution in [1.29, 1.82) is 0 Å². The number of aryl methyl sites for hydroxylation is 2. The van der Waals surface area contributed by atoms with Crippen LogP contribution in [0, 0.1) is 13.8 Å². The number of fused-ring (bicyclic) bond motifs is 1. The van der Waals surface area contributed by atoms with Gasteiger partial charge in [0.25, 0.3) is 5.91 Å². The van der Waals surface area contributed by atoms with Crippen molar-refractivity contribution in [2.45, 2.75) is 39.5 Å². The summed E-state index contributed by atoms with van der Waals surface area (Å²) in [5.41, 5.74) is 1.49. The number of halogens is 1. The number of phenols is 1. The monoisotopic (exact) mass is 431 g/mol. The largest absolute Gasteiger partial charge is 0.506 e. The number of carbonyl (C=O) groups excluding carboxylic acids is 1. The maximum Gasteiger partial charge on any atom is 0.254 e. The number of aromatic hydroxyl groups is 1. The van der Waals surface area contributed by atoms with Crippen LogP contribution < -0.4 is 0 Å². The lowest BCUT2D eigenvalue weighted by molar-refractivity contribution is -0.146. The molecule has 30 heavy (non-hydrogen) atoms. The number of hydrogen-bond donors (Lipinski definition) is 2. The van der Waals surface area contributed by atoms with Gasteiger partial charge in [-0.25, -0.2) is 14.1 Å². The molecule has 0 aliphatic carbocycles. The van der Waals surface area contributed by atoms with E-state index in [-0.39, 0.29) is 24.6 Å². The highest BCUT2D eigenvalue weighted by atomic mass is 32.1. The summed E-state index contributed by atoms with van der Waals surface area (Å²) in [6, 6.07) is 3.63. The zero-order valence-electron chi connectivity index (χ0n) is 17.0. The normalized spacial score (nSPS) is 18.7. The number of alkyl halides is 1. The first-order valence-corrected chi connectivity index (χ1v) is 10.2. The Labute approximate surface area is 176 Å². The third-order valence-corrected chi connectivity index (χ3v) is 5.74. The number of thiazole rings is 1. The molecule has 1 aromatic carbocycles. The molecule has 1 saturated heterocycles. The predicted octanol–water partition coefficient (Wildman–Crippen LogP) is 2.83. The van der Waals surface area contributed by atoms with Crippen LogP contribution in [0.15, 0.2) is 23.3 Å². The molecule has 3 heterocycles. The zero-order chi connectivity index (χ0) is 21.8. The molecule has 2 aromatic heterocycles. The number of benzene rings is 1. The standard InChI is InChI=1S/C20H22FN5O3S/c1-10-5-11(2)16(14(27)6-10)26-9-15-17(24-26)23-19(30-15)22-13-8-25(7-12(13)21)18(28)20(3,4)29/h5-6,9,12,27,29H,7-8H2,1-4H3/t12-/m0/s1. The first-order chi connectivity index (χ1) is 14.0. The van der Waals surface area contributed by atoms with Crippen molar-refractivity contribution >= 4 is 38.4 Å². The molecule has 10 heteroatoms. The Morgan fingerprint density at radius 1 is 1.37 bits per heavy atom. The summed E-state index contributed by atoms with van der Waals surface area (Å²) in [7, 11) is 0. The van der Waals surface area contributed by atoms with Crippen molar-refractivity contribution in [2.75, 3.05) is 13.1 Å². The minimum atomic E-state index is -1.56. The predicted molar refractivity (Wildman–Crippen MR) is 113 cm³/mol. The quantitative estimate of drug-likeness (QED) is 0.664. The van der Waals surface area contributed by atoms with Crippen LogP contribution in [0.3, 0.4) is 0 Å². The number of rotatable bonds is 3. The first kappa shape index (κ1) is 20.4. The van der Waals surface area contributed by atoms with Gasteiger partial charge in [-0.3, -0.25) is 4.79 Å². The van der Waals surface area contributed by atoms with Gasteiger partial charge in [0.2, 0.25) is 5.13 Å². The molecular formula is C20H22FN5O3S. The fraction of sp³-hybridized carbons (Fsp3) is 0.400. The van der Waals surface area contributed by atoms with E-state index in [1.54, 1.807) is 16.9 Å². The molecule has 0 radical (unpaired) electrons. The summed E-state index contributed by atoms with van der Waals surface area (Å²) in [6.45, 7) is 6.42. The second-order valence-electron chi connectivity index (χ2n) is 8.02. The first-order valence-electron chi connectivity index (χ1n) is 9.43. The van der Waals surface area contributed by atoms with Gasteiger partial charge < -0.3 is 15.1 Å². The van der Waals surface area contributed by atoms with Gasteiger partial charge in [-0.05, 0) is 44.9 Å². The Balaban J connectivity index is 1.60. The van der Waals surface area contributed by atoms with E-state index in [0.29, 0.717) is 16.5 Å². The van der Waals surface area contributed by atoms with Crippen molar-refractivity contribution in [1.82, 2.24) is 19.7 Å². The minimum absolute atomic E-state index is 0.0116. The number of hydrogen-bond acceptors (Lipinski definition) is 7. The SMILES string of the molecule is Cc1cc(C)c(-n2cc3sc(N=C4CN(C(=O)C(C)(C)O)C[C@@H]4F)nc3n2)c(O)c1. The molecule has 0 spiro atoms. The van der Waals surface area contributed by atoms with Gasteiger partial charge in [0.05, 0.1) is 29.7 Å². The Morgan fingerprint density at radius 3 is 2.73 bits per heavy atom. The number of amides is 1. The summed E-state index contributed by atoms with van der Waals surface area (Å²) >= 11 is 1.25. The average Bonchev–Trinajstić information content (AvgIpc) is 3.26. The van der Waals surface area contributed by atoms with Crippen LogP contribution in [0.1, 0.15) is 25.0 Å². The van der Waals surface area contributed by atoms with E-state index in [1.165, 1.54) is 30.1 Å². The van der Waals surface area contributed by atoms with Crippen molar-refractivity contribution in [3.63, 3.8) is 0 Å². The van der Waals surface area contributed by atoms with Crippen LogP contribution in [-0.4, -0.2) is 66.4 Å². The van der Waals surface area contributed by atoms with E-state index in [4.69, 9.17) is 0 Å². The van der Waals surface area contributed by atoms with E-state index < -0.39 is 17.7 Å². The number of aliphatic hydroxyl groups is 1. The zero-order valence-corrected chi connectivity index (χ0v) is 17.9. The van der Waals surface area contributed by atoms with Gasteiger partial charge >= 0.3 is 0 Å². The molecule has 158 valence electrons. The van der Waals surface area contributed by atoms with Gasteiger partial charge in [0, 0.05) is 0 Å². The average molecular weight is 431 g/mol. The maximum absolute atomic E-state index is 14.4. The lowest BCUT2D eigenvalue weighted by atomic mass is 10.1. The molecule has 1 fully saturated rings. The molecule has 1 amide bonds. The minimum Gasteiger partial charge on any atom is -0.506 e. The Morgan fingerprint density at radius 2 is 2.10 bits per heavy atom. The molecule has 0 bridgehead atoms. The summed E-state index contributed by atoms with van der Waals surface area (Å²) in [4.78, 5) is 22.1. The van der Waals surface area contributed by atoms with E-state index in [0.717, 1.165) is 15.8 Å². The van der Waals surface area contributed by atoms with Crippen molar-refractivity contribution in [2.24, 2.45) is 4.99 Å². The molecule has 4 rings (SSSR count). The van der Waals surface area contributed by atoms with E-state index in [1.807, 2.05) is 19.9 Å². The lowest BCUT2D eigenvalue weighted by Crippen LogP contribution is -2.44. The second kappa shape index (κ2) is 7.13. The topological polar surface area (TPSA) is 104 Å². The molecular weight excluding hydrogens is 409 g/mol. The highest BCUT2D eigenvalue weighted by Gasteiger charge is 2.38. The van der Waals surface area contributed by atoms with Crippen LogP contribution >= 0.6 is 11.3 Å². The molecule has 1 aliphatic heterocycles. The molecule has 1 atom stereocenters. The number of phenolic OH excluding ortho intramolecular Hbond substituents is 1. The van der Waals surface area contributed by atoms with Crippen LogP contribution in [0.25, 0.3) is 16.0 Å². The molecule has 2 N–H and O–H groups in total. The number of carbonyl (C=O) groups is 1. The molecule has 0 unspecified atom stereocenters. The second-order valence-corrected chi connectivity index (χ2v) is 9.03. The van der Waals surface area contributed by atoms with Gasteiger partial charge in [-0.1, -0.05) is 17.4 Å². The number of aromatic nitrogens is 3. The van der Waals surface area contributed by atoms with E-state index >= 15 is 0 Å². The Hall–Kier alpha value is -2.85. The Kier molecular flexibility index (Phi) is 4.86. The van der Waals surface area contributed by atoms with Gasteiger partial charge in [0.15, 0.2) is 11.8 Å². The lowest BCUT2D eigenvalue weighted by Gasteiger charge is -2.23. The maximum atomic E-state index is 14.4. The van der Waals surface area contributed by atoms with Gasteiger partial charge in [0.1, 0.15) is 17.0 Å². The fourth-order valence-corrected chi connectivity index (χ4v) is 4.36. The summed E-state index contributed by atoms with van der Waals surface area (Å²) in [6.07, 6.45) is 0.347. The Bertz CT molecular complexity index is 1120. The molecule has 1 aliphatic rings. The summed E-state index contributed by atoms with van der Waals surface area (Å²) in [5.74, 6) is -0.407. The summed E-state index contributed by atoms with van der Waals surface area (Å²) < 4.78 is 16.7. The van der Waals surface area contributed by atoms with Crippen molar-refractivity contribution < 1.29 is 19.4 Å². The third kappa shape index (κ3) is 3.68. The van der Waals surface area contributed by atoms with Crippen LogP contribution in [0.5, 0.6) is 5.75 Å². The highest BCUT2D eigenvalue weighted by molar-refractivity contribution is 7.21. The number of aliphatic imine (C=N–C) groups is 1. The number of likely N-dealkylation sites (tertiary alicyclic amines) is 1. The van der Waals surface area contributed by atoms with Crippen molar-refractivity contribution in [3.05, 3.63) is 29.5 Å². The van der Waals surface area contributed by atoms with Gasteiger partial charge in [-0.15, -0.1) is 5.10 Å². The van der Waals surface area contributed by atoms with Gasteiger partial charge in [-0.2, -0.15) is 4.98 Å². The molecule has 8 nitrogen and oxygen atoms in total. The third-order valence-electron chi connectivity index (χ3n) is 4.86. The van der Waals surface area contributed by atoms with Crippen LogP contribution in [-0.2, 0) is 4.79 Å².